The maximum atomic E-state index is 11.1. The third kappa shape index (κ3) is 4.58. The van der Waals surface area contributed by atoms with Crippen LogP contribution < -0.4 is 11.3 Å². The Morgan fingerprint density at radius 3 is 2.83 bits per heavy atom. The number of rotatable bonds is 6. The van der Waals surface area contributed by atoms with Crippen molar-refractivity contribution in [2.75, 3.05) is 19.5 Å². The highest BCUT2D eigenvalue weighted by Crippen LogP contribution is 2.12. The van der Waals surface area contributed by atoms with Crippen LogP contribution in [-0.4, -0.2) is 30.6 Å². The van der Waals surface area contributed by atoms with Gasteiger partial charge in [0.25, 0.3) is 0 Å². The van der Waals surface area contributed by atoms with E-state index in [1.807, 2.05) is 0 Å². The van der Waals surface area contributed by atoms with E-state index in [0.717, 1.165) is 12.2 Å². The maximum absolute atomic E-state index is 11.1. The first-order valence-corrected chi connectivity index (χ1v) is 4.92. The van der Waals surface area contributed by atoms with E-state index in [0.29, 0.717) is 6.61 Å². The van der Waals surface area contributed by atoms with E-state index in [1.54, 1.807) is 18.9 Å². The van der Waals surface area contributed by atoms with Gasteiger partial charge in [0.05, 0.1) is 6.61 Å². The molecule has 1 unspecified atom stereocenters. The van der Waals surface area contributed by atoms with Crippen LogP contribution in [0.2, 0.25) is 0 Å². The lowest BCUT2D eigenvalue weighted by Crippen LogP contribution is -2.39. The van der Waals surface area contributed by atoms with E-state index in [4.69, 9.17) is 10.6 Å². The van der Waals surface area contributed by atoms with Gasteiger partial charge < -0.3 is 4.74 Å². The number of nitrogens with one attached hydrogen (secondary N) is 1. The standard InChI is InChI=1S/C7H16N2O2S/c1-3-4-12-6(5-11-2)7(10)9-8/h6H,3-5,8H2,1-2H3,(H,9,10). The molecule has 0 heterocycles. The van der Waals surface area contributed by atoms with E-state index >= 15 is 0 Å². The van der Waals surface area contributed by atoms with Crippen molar-refractivity contribution in [2.45, 2.75) is 18.6 Å². The Kier molecular flexibility index (Phi) is 7.23. The molecule has 0 fully saturated rings. The van der Waals surface area contributed by atoms with Gasteiger partial charge in [-0.25, -0.2) is 5.84 Å². The second-order valence-corrected chi connectivity index (χ2v) is 3.63. The fraction of sp³-hybridized carbons (Fsp3) is 0.857. The Balaban J connectivity index is 3.76. The zero-order valence-electron chi connectivity index (χ0n) is 7.50. The topological polar surface area (TPSA) is 64.3 Å². The van der Waals surface area contributed by atoms with Crippen LogP contribution in [0.3, 0.4) is 0 Å². The predicted octanol–water partition coefficient (Wildman–Crippen LogP) is 0.135. The molecule has 72 valence electrons. The number of amides is 1. The summed E-state index contributed by atoms with van der Waals surface area (Å²) in [6.07, 6.45) is 1.04. The van der Waals surface area contributed by atoms with Crippen molar-refractivity contribution in [3.63, 3.8) is 0 Å². The van der Waals surface area contributed by atoms with Crippen LogP contribution in [0.15, 0.2) is 0 Å². The lowest BCUT2D eigenvalue weighted by molar-refractivity contribution is -0.121. The number of methoxy groups -OCH3 is 1. The van der Waals surface area contributed by atoms with E-state index in [1.165, 1.54) is 0 Å². The number of hydrogen-bond acceptors (Lipinski definition) is 4. The molecule has 0 rings (SSSR count). The number of ether oxygens (including phenoxy) is 1. The molecule has 3 N–H and O–H groups in total. The van der Waals surface area contributed by atoms with Gasteiger partial charge in [-0.05, 0) is 12.2 Å². The van der Waals surface area contributed by atoms with Crippen LogP contribution >= 0.6 is 11.8 Å². The second kappa shape index (κ2) is 7.39. The molecule has 0 bridgehead atoms. The summed E-state index contributed by atoms with van der Waals surface area (Å²) >= 11 is 1.56. The van der Waals surface area contributed by atoms with Crippen LogP contribution in [-0.2, 0) is 9.53 Å². The molecule has 12 heavy (non-hydrogen) atoms. The smallest absolute Gasteiger partial charge is 0.249 e. The summed E-state index contributed by atoms with van der Waals surface area (Å²) < 4.78 is 4.89. The molecule has 1 atom stereocenters. The molecule has 0 aliphatic heterocycles. The molecule has 0 saturated heterocycles. The van der Waals surface area contributed by atoms with Gasteiger partial charge in [-0.2, -0.15) is 0 Å². The van der Waals surface area contributed by atoms with E-state index in [9.17, 15) is 4.79 Å². The zero-order chi connectivity index (χ0) is 9.40. The maximum Gasteiger partial charge on any atom is 0.249 e. The van der Waals surface area contributed by atoms with Crippen molar-refractivity contribution in [1.82, 2.24) is 5.43 Å². The normalized spacial score (nSPS) is 12.6. The van der Waals surface area contributed by atoms with Crippen molar-refractivity contribution >= 4 is 17.7 Å². The monoisotopic (exact) mass is 192 g/mol. The molecular weight excluding hydrogens is 176 g/mol. The van der Waals surface area contributed by atoms with Gasteiger partial charge in [-0.15, -0.1) is 11.8 Å². The third-order valence-electron chi connectivity index (χ3n) is 1.28. The van der Waals surface area contributed by atoms with Crippen molar-refractivity contribution < 1.29 is 9.53 Å². The summed E-state index contributed by atoms with van der Waals surface area (Å²) in [5.74, 6) is 5.78. The first-order valence-electron chi connectivity index (χ1n) is 3.87. The van der Waals surface area contributed by atoms with E-state index in [-0.39, 0.29) is 11.2 Å². The summed E-state index contributed by atoms with van der Waals surface area (Å²) in [4.78, 5) is 11.1. The lowest BCUT2D eigenvalue weighted by atomic mass is 10.4. The number of nitrogens with two attached hydrogens (primary N) is 1. The Morgan fingerprint density at radius 2 is 2.42 bits per heavy atom. The number of carbonyl (C=O) groups is 1. The van der Waals surface area contributed by atoms with Gasteiger partial charge >= 0.3 is 0 Å². The highest BCUT2D eigenvalue weighted by molar-refractivity contribution is 8.00. The summed E-state index contributed by atoms with van der Waals surface area (Å²) in [5.41, 5.74) is 2.12. The van der Waals surface area contributed by atoms with Crippen molar-refractivity contribution in [2.24, 2.45) is 5.84 Å². The second-order valence-electron chi connectivity index (χ2n) is 2.32. The molecular formula is C7H16N2O2S. The van der Waals surface area contributed by atoms with Gasteiger partial charge in [-0.3, -0.25) is 10.2 Å². The zero-order valence-corrected chi connectivity index (χ0v) is 8.32. The minimum atomic E-state index is -0.181. The lowest BCUT2D eigenvalue weighted by Gasteiger charge is -2.12. The van der Waals surface area contributed by atoms with Gasteiger partial charge in [0, 0.05) is 7.11 Å². The molecule has 0 saturated carbocycles. The molecule has 4 nitrogen and oxygen atoms in total. The Bertz CT molecular complexity index is 133. The number of thioether (sulfide) groups is 1. The molecule has 0 aliphatic carbocycles. The number of hydrogen-bond donors (Lipinski definition) is 2. The van der Waals surface area contributed by atoms with Crippen LogP contribution in [0, 0.1) is 0 Å². The fourth-order valence-corrected chi connectivity index (χ4v) is 1.68. The van der Waals surface area contributed by atoms with E-state index < -0.39 is 0 Å². The van der Waals surface area contributed by atoms with Gasteiger partial charge in [-0.1, -0.05) is 6.92 Å². The number of carbonyl (C=O) groups excluding carboxylic acids is 1. The average Bonchev–Trinajstić information content (AvgIpc) is 2.11. The summed E-state index contributed by atoms with van der Waals surface area (Å²) in [6, 6.07) is 0. The Labute approximate surface area is 77.2 Å². The van der Waals surface area contributed by atoms with Crippen molar-refractivity contribution in [1.29, 1.82) is 0 Å². The highest BCUT2D eigenvalue weighted by Gasteiger charge is 2.16. The third-order valence-corrected chi connectivity index (χ3v) is 2.67. The first kappa shape index (κ1) is 11.7. The van der Waals surface area contributed by atoms with Gasteiger partial charge in [0.2, 0.25) is 5.91 Å². The highest BCUT2D eigenvalue weighted by atomic mass is 32.2. The Morgan fingerprint density at radius 1 is 1.75 bits per heavy atom. The average molecular weight is 192 g/mol. The SMILES string of the molecule is CCCSC(COC)C(=O)NN. The van der Waals surface area contributed by atoms with Crippen LogP contribution in [0.1, 0.15) is 13.3 Å². The molecule has 0 spiro atoms. The summed E-state index contributed by atoms with van der Waals surface area (Å²) in [7, 11) is 1.57. The summed E-state index contributed by atoms with van der Waals surface area (Å²) in [6.45, 7) is 2.48. The molecule has 5 heteroatoms. The van der Waals surface area contributed by atoms with Crippen molar-refractivity contribution in [3.05, 3.63) is 0 Å². The molecule has 0 aliphatic rings. The van der Waals surface area contributed by atoms with Crippen LogP contribution in [0.5, 0.6) is 0 Å². The minimum absolute atomic E-state index is 0.171. The fourth-order valence-electron chi connectivity index (χ4n) is 0.704. The predicted molar refractivity (Wildman–Crippen MR) is 50.7 cm³/mol. The largest absolute Gasteiger partial charge is 0.383 e. The van der Waals surface area contributed by atoms with Gasteiger partial charge in [0.1, 0.15) is 5.25 Å². The first-order chi connectivity index (χ1) is 5.76. The molecule has 0 aromatic carbocycles. The Hall–Kier alpha value is -0.260. The van der Waals surface area contributed by atoms with Gasteiger partial charge in [0.15, 0.2) is 0 Å². The number of hydrazine groups is 1. The molecule has 0 radical (unpaired) electrons. The molecule has 1 amide bonds. The van der Waals surface area contributed by atoms with Crippen LogP contribution in [0.4, 0.5) is 0 Å². The van der Waals surface area contributed by atoms with Crippen molar-refractivity contribution in [3.8, 4) is 0 Å². The summed E-state index contributed by atoms with van der Waals surface area (Å²) in [5, 5.41) is -0.181. The molecule has 0 aromatic heterocycles. The quantitative estimate of drug-likeness (QED) is 0.357. The van der Waals surface area contributed by atoms with E-state index in [2.05, 4.69) is 12.3 Å². The van der Waals surface area contributed by atoms with Crippen LogP contribution in [0.25, 0.3) is 0 Å². The minimum Gasteiger partial charge on any atom is -0.383 e. The molecule has 0 aromatic rings.